The summed E-state index contributed by atoms with van der Waals surface area (Å²) in [6.45, 7) is 5.64. The molecule has 2 rings (SSSR count). The van der Waals surface area contributed by atoms with Gasteiger partial charge in [-0.2, -0.15) is 0 Å². The minimum Gasteiger partial charge on any atom is -0.483 e. The van der Waals surface area contributed by atoms with Crippen LogP contribution in [-0.4, -0.2) is 19.1 Å². The number of hydrogen-bond donors (Lipinski definition) is 2. The summed E-state index contributed by atoms with van der Waals surface area (Å²) in [5.74, 6) is 0.475. The first-order valence-electron chi connectivity index (χ1n) is 8.07. The van der Waals surface area contributed by atoms with Gasteiger partial charge in [-0.1, -0.05) is 36.2 Å². The van der Waals surface area contributed by atoms with Crippen LogP contribution in [0.15, 0.2) is 42.5 Å². The van der Waals surface area contributed by atoms with Gasteiger partial charge in [0.05, 0.1) is 0 Å². The van der Waals surface area contributed by atoms with Crippen LogP contribution in [0, 0.1) is 6.92 Å². The van der Waals surface area contributed by atoms with Crippen LogP contribution in [0.1, 0.15) is 24.5 Å². The van der Waals surface area contributed by atoms with Crippen LogP contribution >= 0.6 is 11.6 Å². The molecule has 0 aliphatic heterocycles. The maximum absolute atomic E-state index is 12.0. The standard InChI is InChI=1S/C19H23ClN2O2/c1-3-10-21-12-15-11-16(20)6-9-18(15)24-13-19(23)22-17-7-4-14(2)5-8-17/h4-9,11,21H,3,10,12-13H2,1-2H3,(H,22,23). The van der Waals surface area contributed by atoms with Crippen LogP contribution in [0.4, 0.5) is 5.69 Å². The monoisotopic (exact) mass is 346 g/mol. The number of benzene rings is 2. The van der Waals surface area contributed by atoms with Crippen molar-refractivity contribution >= 4 is 23.2 Å². The average molecular weight is 347 g/mol. The zero-order valence-electron chi connectivity index (χ0n) is 14.1. The smallest absolute Gasteiger partial charge is 0.262 e. The number of carbonyl (C=O) groups is 1. The fourth-order valence-corrected chi connectivity index (χ4v) is 2.40. The highest BCUT2D eigenvalue weighted by atomic mass is 35.5. The van der Waals surface area contributed by atoms with Crippen LogP contribution in [-0.2, 0) is 11.3 Å². The summed E-state index contributed by atoms with van der Waals surface area (Å²) in [7, 11) is 0. The summed E-state index contributed by atoms with van der Waals surface area (Å²) >= 11 is 6.05. The quantitative estimate of drug-likeness (QED) is 0.705. The van der Waals surface area contributed by atoms with E-state index in [9.17, 15) is 4.79 Å². The Morgan fingerprint density at radius 3 is 2.62 bits per heavy atom. The first-order valence-corrected chi connectivity index (χ1v) is 8.44. The molecule has 0 fully saturated rings. The highest BCUT2D eigenvalue weighted by Crippen LogP contribution is 2.23. The Labute approximate surface area is 148 Å². The number of nitrogens with one attached hydrogen (secondary N) is 2. The molecule has 2 aromatic rings. The lowest BCUT2D eigenvalue weighted by atomic mass is 10.2. The van der Waals surface area contributed by atoms with Gasteiger partial charge in [0, 0.05) is 22.8 Å². The second-order valence-corrected chi connectivity index (χ2v) is 6.07. The van der Waals surface area contributed by atoms with E-state index in [-0.39, 0.29) is 12.5 Å². The zero-order chi connectivity index (χ0) is 17.4. The number of rotatable bonds is 8. The topological polar surface area (TPSA) is 50.4 Å². The van der Waals surface area contributed by atoms with Crippen LogP contribution in [0.3, 0.4) is 0 Å². The summed E-state index contributed by atoms with van der Waals surface area (Å²) in [6, 6.07) is 13.1. The Kier molecular flexibility index (Phi) is 7.09. The number of amides is 1. The molecule has 0 spiro atoms. The van der Waals surface area contributed by atoms with E-state index >= 15 is 0 Å². The zero-order valence-corrected chi connectivity index (χ0v) is 14.8. The molecule has 128 valence electrons. The molecular weight excluding hydrogens is 324 g/mol. The maximum atomic E-state index is 12.0. The minimum absolute atomic E-state index is 0.0454. The van der Waals surface area contributed by atoms with Gasteiger partial charge in [-0.15, -0.1) is 0 Å². The Hall–Kier alpha value is -2.04. The Morgan fingerprint density at radius 1 is 1.17 bits per heavy atom. The summed E-state index contributed by atoms with van der Waals surface area (Å²) < 4.78 is 5.67. The Balaban J connectivity index is 1.92. The normalized spacial score (nSPS) is 10.5. The summed E-state index contributed by atoms with van der Waals surface area (Å²) in [4.78, 5) is 12.0. The maximum Gasteiger partial charge on any atom is 0.262 e. The van der Waals surface area contributed by atoms with Crippen LogP contribution < -0.4 is 15.4 Å². The molecule has 0 atom stereocenters. The molecule has 24 heavy (non-hydrogen) atoms. The third-order valence-electron chi connectivity index (χ3n) is 3.46. The fraction of sp³-hybridized carbons (Fsp3) is 0.316. The van der Waals surface area contributed by atoms with Gasteiger partial charge in [-0.25, -0.2) is 0 Å². The predicted molar refractivity (Wildman–Crippen MR) is 98.8 cm³/mol. The third kappa shape index (κ3) is 5.87. The lowest BCUT2D eigenvalue weighted by Crippen LogP contribution is -2.21. The SMILES string of the molecule is CCCNCc1cc(Cl)ccc1OCC(=O)Nc1ccc(C)cc1. The number of ether oxygens (including phenoxy) is 1. The molecule has 4 nitrogen and oxygen atoms in total. The van der Waals surface area contributed by atoms with Crippen molar-refractivity contribution in [3.63, 3.8) is 0 Å². The highest BCUT2D eigenvalue weighted by molar-refractivity contribution is 6.30. The van der Waals surface area contributed by atoms with E-state index in [0.717, 1.165) is 29.8 Å². The second kappa shape index (κ2) is 9.30. The summed E-state index contributed by atoms with van der Waals surface area (Å²) in [5, 5.41) is 6.78. The lowest BCUT2D eigenvalue weighted by Gasteiger charge is -2.13. The van der Waals surface area contributed by atoms with Crippen molar-refractivity contribution in [1.29, 1.82) is 0 Å². The average Bonchev–Trinajstić information content (AvgIpc) is 2.56. The van der Waals surface area contributed by atoms with E-state index in [1.165, 1.54) is 0 Å². The van der Waals surface area contributed by atoms with Crippen LogP contribution in [0.5, 0.6) is 5.75 Å². The van der Waals surface area contributed by atoms with Gasteiger partial charge in [-0.05, 0) is 50.2 Å². The number of halogens is 1. The molecule has 0 aliphatic rings. The summed E-state index contributed by atoms with van der Waals surface area (Å²) in [6.07, 6.45) is 1.05. The second-order valence-electron chi connectivity index (χ2n) is 5.63. The molecule has 0 bridgehead atoms. The van der Waals surface area contributed by atoms with Gasteiger partial charge in [0.15, 0.2) is 6.61 Å². The molecule has 1 amide bonds. The molecule has 5 heteroatoms. The molecule has 0 aliphatic carbocycles. The molecule has 0 aromatic heterocycles. The van der Waals surface area contributed by atoms with Gasteiger partial charge in [0.25, 0.3) is 5.91 Å². The number of hydrogen-bond acceptors (Lipinski definition) is 3. The van der Waals surface area contributed by atoms with E-state index < -0.39 is 0 Å². The minimum atomic E-state index is -0.193. The van der Waals surface area contributed by atoms with Gasteiger partial charge < -0.3 is 15.4 Å². The van der Waals surface area contributed by atoms with Crippen LogP contribution in [0.2, 0.25) is 5.02 Å². The van der Waals surface area contributed by atoms with Crippen molar-refractivity contribution < 1.29 is 9.53 Å². The molecule has 0 saturated carbocycles. The van der Waals surface area contributed by atoms with E-state index in [1.807, 2.05) is 37.3 Å². The van der Waals surface area contributed by atoms with Crippen molar-refractivity contribution in [3.05, 3.63) is 58.6 Å². The first kappa shape index (κ1) is 18.3. The molecule has 0 unspecified atom stereocenters. The lowest BCUT2D eigenvalue weighted by molar-refractivity contribution is -0.118. The third-order valence-corrected chi connectivity index (χ3v) is 3.69. The van der Waals surface area contributed by atoms with Gasteiger partial charge in [0.2, 0.25) is 0 Å². The molecular formula is C19H23ClN2O2. The molecule has 2 aromatic carbocycles. The Bertz CT molecular complexity index is 672. The van der Waals surface area contributed by atoms with Gasteiger partial charge in [-0.3, -0.25) is 4.79 Å². The Morgan fingerprint density at radius 2 is 1.92 bits per heavy atom. The van der Waals surface area contributed by atoms with E-state index in [0.29, 0.717) is 17.3 Å². The molecule has 0 heterocycles. The highest BCUT2D eigenvalue weighted by Gasteiger charge is 2.08. The van der Waals surface area contributed by atoms with Crippen molar-refractivity contribution in [1.82, 2.24) is 5.32 Å². The van der Waals surface area contributed by atoms with Crippen LogP contribution in [0.25, 0.3) is 0 Å². The van der Waals surface area contributed by atoms with E-state index in [1.54, 1.807) is 12.1 Å². The summed E-state index contributed by atoms with van der Waals surface area (Å²) in [5.41, 5.74) is 2.85. The number of carbonyl (C=O) groups excluding carboxylic acids is 1. The van der Waals surface area contributed by atoms with Crippen molar-refractivity contribution in [2.24, 2.45) is 0 Å². The van der Waals surface area contributed by atoms with E-state index in [2.05, 4.69) is 17.6 Å². The van der Waals surface area contributed by atoms with Crippen molar-refractivity contribution in [3.8, 4) is 5.75 Å². The fourth-order valence-electron chi connectivity index (χ4n) is 2.20. The molecule has 0 radical (unpaired) electrons. The molecule has 0 saturated heterocycles. The van der Waals surface area contributed by atoms with Gasteiger partial charge in [0.1, 0.15) is 5.75 Å². The van der Waals surface area contributed by atoms with Gasteiger partial charge >= 0.3 is 0 Å². The predicted octanol–water partition coefficient (Wildman–Crippen LogP) is 4.17. The number of anilines is 1. The van der Waals surface area contributed by atoms with Crippen molar-refractivity contribution in [2.75, 3.05) is 18.5 Å². The first-order chi connectivity index (χ1) is 11.6. The largest absolute Gasteiger partial charge is 0.483 e. The number of aryl methyl sites for hydroxylation is 1. The van der Waals surface area contributed by atoms with E-state index in [4.69, 9.17) is 16.3 Å². The molecule has 2 N–H and O–H groups in total. The van der Waals surface area contributed by atoms with Crippen molar-refractivity contribution in [2.45, 2.75) is 26.8 Å².